The van der Waals surface area contributed by atoms with Crippen LogP contribution in [0.1, 0.15) is 25.3 Å². The molecule has 0 atom stereocenters. The number of piperidine rings is 1. The number of hydrogen-bond donors (Lipinski definition) is 2. The molecule has 2 aliphatic rings. The summed E-state index contributed by atoms with van der Waals surface area (Å²) in [7, 11) is 0. The number of pyridine rings is 1. The zero-order valence-corrected chi connectivity index (χ0v) is 22.2. The zero-order chi connectivity index (χ0) is 26.2. The number of aromatic nitrogens is 1. The average Bonchev–Trinajstić information content (AvgIpc) is 3.28. The molecule has 9 heteroatoms. The van der Waals surface area contributed by atoms with Crippen LogP contribution in [0.15, 0.2) is 60.8 Å². The zero-order valence-electron chi connectivity index (χ0n) is 21.4. The Kier molecular flexibility index (Phi) is 6.47. The smallest absolute Gasteiger partial charge is 0.331 e. The molecular formula is C29H29N5O3S. The Hall–Kier alpha value is -3.95. The summed E-state index contributed by atoms with van der Waals surface area (Å²) in [5.74, 6) is 1.42. The molecule has 0 bridgehead atoms. The van der Waals surface area contributed by atoms with Crippen molar-refractivity contribution in [1.29, 1.82) is 0 Å². The molecule has 0 saturated carbocycles. The SMILES string of the molecule is CCN1CCC(C(=O)Nc2sc3nccc4c3c2NC(=O)N4c2ccc(Oc3ccccc3)cc2C)CC1. The highest BCUT2D eigenvalue weighted by Crippen LogP contribution is 2.49. The van der Waals surface area contributed by atoms with Gasteiger partial charge in [0.2, 0.25) is 5.91 Å². The van der Waals surface area contributed by atoms with Gasteiger partial charge in [-0.25, -0.2) is 9.78 Å². The van der Waals surface area contributed by atoms with Crippen molar-refractivity contribution < 1.29 is 14.3 Å². The first-order chi connectivity index (χ1) is 18.5. The van der Waals surface area contributed by atoms with E-state index in [-0.39, 0.29) is 17.9 Å². The van der Waals surface area contributed by atoms with Crippen molar-refractivity contribution in [3.63, 3.8) is 0 Å². The predicted molar refractivity (Wildman–Crippen MR) is 152 cm³/mol. The number of benzene rings is 2. The number of likely N-dealkylation sites (tertiary alicyclic amines) is 1. The summed E-state index contributed by atoms with van der Waals surface area (Å²) in [6.45, 7) is 6.97. The Morgan fingerprint density at radius 1 is 1.11 bits per heavy atom. The fourth-order valence-corrected chi connectivity index (χ4v) is 6.23. The van der Waals surface area contributed by atoms with E-state index in [1.54, 1.807) is 11.1 Å². The number of urea groups is 1. The van der Waals surface area contributed by atoms with Crippen molar-refractivity contribution in [1.82, 2.24) is 9.88 Å². The predicted octanol–water partition coefficient (Wildman–Crippen LogP) is 6.75. The Balaban J connectivity index is 1.29. The van der Waals surface area contributed by atoms with Crippen LogP contribution in [0.3, 0.4) is 0 Å². The van der Waals surface area contributed by atoms with Gasteiger partial charge in [0.15, 0.2) is 0 Å². The second-order valence-electron chi connectivity index (χ2n) is 9.64. The summed E-state index contributed by atoms with van der Waals surface area (Å²) < 4.78 is 5.97. The summed E-state index contributed by atoms with van der Waals surface area (Å²) >= 11 is 1.39. The number of rotatable bonds is 6. The van der Waals surface area contributed by atoms with Crippen LogP contribution in [0.25, 0.3) is 10.2 Å². The van der Waals surface area contributed by atoms with Crippen LogP contribution < -0.4 is 20.3 Å². The second kappa shape index (κ2) is 10.1. The Labute approximate surface area is 225 Å². The molecule has 194 valence electrons. The third kappa shape index (κ3) is 4.48. The molecule has 2 aliphatic heterocycles. The van der Waals surface area contributed by atoms with Gasteiger partial charge in [-0.15, -0.1) is 0 Å². The minimum Gasteiger partial charge on any atom is -0.457 e. The number of para-hydroxylation sites is 1. The minimum absolute atomic E-state index is 0.00615. The number of nitrogens with one attached hydrogen (secondary N) is 2. The number of carbonyl (C=O) groups is 2. The third-order valence-electron chi connectivity index (χ3n) is 7.28. The van der Waals surface area contributed by atoms with Crippen LogP contribution >= 0.6 is 11.3 Å². The second-order valence-corrected chi connectivity index (χ2v) is 10.6. The highest BCUT2D eigenvalue weighted by molar-refractivity contribution is 7.23. The Bertz CT molecular complexity index is 1510. The molecule has 0 unspecified atom stereocenters. The molecule has 2 aromatic carbocycles. The molecule has 0 aliphatic carbocycles. The van der Waals surface area contributed by atoms with E-state index in [2.05, 4.69) is 27.4 Å². The van der Waals surface area contributed by atoms with Gasteiger partial charge in [0.25, 0.3) is 0 Å². The highest BCUT2D eigenvalue weighted by Gasteiger charge is 2.33. The summed E-state index contributed by atoms with van der Waals surface area (Å²) in [5.41, 5.74) is 3.00. The number of nitrogens with zero attached hydrogens (tertiary/aromatic N) is 3. The molecule has 2 aromatic heterocycles. The lowest BCUT2D eigenvalue weighted by atomic mass is 9.96. The quantitative estimate of drug-likeness (QED) is 0.290. The molecule has 4 aromatic rings. The summed E-state index contributed by atoms with van der Waals surface area (Å²) in [5, 5.41) is 7.60. The molecule has 6 rings (SSSR count). The summed E-state index contributed by atoms with van der Waals surface area (Å²) in [6, 6.07) is 16.8. The third-order valence-corrected chi connectivity index (χ3v) is 8.29. The lowest BCUT2D eigenvalue weighted by molar-refractivity contribution is -0.121. The van der Waals surface area contributed by atoms with Gasteiger partial charge < -0.3 is 20.3 Å². The maximum Gasteiger partial charge on any atom is 0.331 e. The van der Waals surface area contributed by atoms with Crippen molar-refractivity contribution in [2.75, 3.05) is 35.2 Å². The van der Waals surface area contributed by atoms with E-state index in [4.69, 9.17) is 4.74 Å². The molecule has 0 radical (unpaired) electrons. The van der Waals surface area contributed by atoms with E-state index in [1.165, 1.54) is 11.3 Å². The average molecular weight is 528 g/mol. The van der Waals surface area contributed by atoms with Gasteiger partial charge in [0, 0.05) is 12.1 Å². The maximum absolute atomic E-state index is 13.5. The first-order valence-electron chi connectivity index (χ1n) is 12.9. The number of thiophene rings is 1. The van der Waals surface area contributed by atoms with Gasteiger partial charge in [-0.2, -0.15) is 0 Å². The molecule has 38 heavy (non-hydrogen) atoms. The fourth-order valence-electron chi connectivity index (χ4n) is 5.20. The number of amides is 3. The first-order valence-corrected chi connectivity index (χ1v) is 13.7. The summed E-state index contributed by atoms with van der Waals surface area (Å²) in [4.78, 5) is 35.9. The summed E-state index contributed by atoms with van der Waals surface area (Å²) in [6.07, 6.45) is 3.39. The normalized spacial score (nSPS) is 15.9. The van der Waals surface area contributed by atoms with Crippen LogP contribution in [0.4, 0.5) is 26.9 Å². The van der Waals surface area contributed by atoms with Crippen LogP contribution in [0.2, 0.25) is 0 Å². The topological polar surface area (TPSA) is 86.8 Å². The van der Waals surface area contributed by atoms with Gasteiger partial charge >= 0.3 is 6.03 Å². The van der Waals surface area contributed by atoms with Gasteiger partial charge in [0.1, 0.15) is 21.3 Å². The van der Waals surface area contributed by atoms with Crippen LogP contribution in [0, 0.1) is 12.8 Å². The molecule has 0 spiro atoms. The Morgan fingerprint density at radius 2 is 1.89 bits per heavy atom. The van der Waals surface area contributed by atoms with Crippen LogP contribution in [0.5, 0.6) is 11.5 Å². The fraction of sp³-hybridized carbons (Fsp3) is 0.276. The standard InChI is InChI=1S/C29H29N5O3S/c1-3-33-15-12-19(13-16-33)26(35)32-28-25-24-23(11-14-30-27(24)38-28)34(29(36)31-25)22-10-9-21(17-18(22)2)37-20-7-5-4-6-8-20/h4-11,14,17,19H,3,12-13,15-16H2,1-2H3,(H,31,36)(H,32,35). The number of hydrogen-bond acceptors (Lipinski definition) is 6. The van der Waals surface area contributed by atoms with E-state index >= 15 is 0 Å². The van der Waals surface area contributed by atoms with E-state index in [0.717, 1.165) is 65.4 Å². The largest absolute Gasteiger partial charge is 0.457 e. The maximum atomic E-state index is 13.5. The molecule has 1 fully saturated rings. The van der Waals surface area contributed by atoms with Crippen molar-refractivity contribution in [2.24, 2.45) is 5.92 Å². The molecule has 2 N–H and O–H groups in total. The molecule has 1 saturated heterocycles. The van der Waals surface area contributed by atoms with Gasteiger partial charge in [-0.3, -0.25) is 9.69 Å². The van der Waals surface area contributed by atoms with E-state index in [9.17, 15) is 9.59 Å². The molecule has 4 heterocycles. The monoisotopic (exact) mass is 527 g/mol. The van der Waals surface area contributed by atoms with Gasteiger partial charge in [-0.1, -0.05) is 36.5 Å². The van der Waals surface area contributed by atoms with Crippen molar-refractivity contribution in [3.05, 3.63) is 66.4 Å². The molecule has 8 nitrogen and oxygen atoms in total. The number of aryl methyl sites for hydroxylation is 1. The minimum atomic E-state index is -0.282. The van der Waals surface area contributed by atoms with Crippen molar-refractivity contribution in [2.45, 2.75) is 26.7 Å². The van der Waals surface area contributed by atoms with E-state index in [0.29, 0.717) is 16.4 Å². The van der Waals surface area contributed by atoms with Gasteiger partial charge in [-0.05, 0) is 81.4 Å². The lowest BCUT2D eigenvalue weighted by Crippen LogP contribution is -2.38. The highest BCUT2D eigenvalue weighted by atomic mass is 32.1. The number of anilines is 4. The molecular weight excluding hydrogens is 498 g/mol. The van der Waals surface area contributed by atoms with Crippen molar-refractivity contribution >= 4 is 55.6 Å². The van der Waals surface area contributed by atoms with E-state index in [1.807, 2.05) is 61.5 Å². The molecule has 3 amide bonds. The number of ether oxygens (including phenoxy) is 1. The number of carbonyl (C=O) groups excluding carboxylic acids is 2. The van der Waals surface area contributed by atoms with Crippen LogP contribution in [-0.4, -0.2) is 41.5 Å². The lowest BCUT2D eigenvalue weighted by Gasteiger charge is -2.31. The Morgan fingerprint density at radius 3 is 2.63 bits per heavy atom. The van der Waals surface area contributed by atoms with Crippen LogP contribution in [-0.2, 0) is 4.79 Å². The first kappa shape index (κ1) is 24.4. The van der Waals surface area contributed by atoms with Crippen molar-refractivity contribution in [3.8, 4) is 11.5 Å². The van der Waals surface area contributed by atoms with E-state index < -0.39 is 0 Å². The van der Waals surface area contributed by atoms with Gasteiger partial charge in [0.05, 0.1) is 22.4 Å².